The second kappa shape index (κ2) is 7.02. The van der Waals surface area contributed by atoms with Crippen molar-refractivity contribution in [3.63, 3.8) is 0 Å². The lowest BCUT2D eigenvalue weighted by Crippen LogP contribution is -2.59. The van der Waals surface area contributed by atoms with Crippen molar-refractivity contribution in [2.75, 3.05) is 12.8 Å². The molecule has 3 fully saturated rings. The van der Waals surface area contributed by atoms with Gasteiger partial charge in [0.2, 0.25) is 0 Å². The van der Waals surface area contributed by atoms with E-state index in [1.165, 1.54) is 64.3 Å². The molecule has 3 rings (SSSR count). The lowest BCUT2D eigenvalue weighted by atomic mass is 9.80. The van der Waals surface area contributed by atoms with Crippen LogP contribution in [0.15, 0.2) is 0 Å². The number of hydrogen-bond donors (Lipinski definition) is 1. The smallest absolute Gasteiger partial charge is 0.0116 e. The third kappa shape index (κ3) is 3.20. The van der Waals surface area contributed by atoms with Gasteiger partial charge in [0.05, 0.1) is 0 Å². The van der Waals surface area contributed by atoms with E-state index < -0.39 is 0 Å². The summed E-state index contributed by atoms with van der Waals surface area (Å²) in [6.45, 7) is 3.49. The third-order valence-electron chi connectivity index (χ3n) is 5.83. The van der Waals surface area contributed by atoms with Crippen LogP contribution in [-0.2, 0) is 0 Å². The van der Waals surface area contributed by atoms with Crippen molar-refractivity contribution in [3.05, 3.63) is 0 Å². The first-order valence-corrected chi connectivity index (χ1v) is 10.1. The van der Waals surface area contributed by atoms with Gasteiger partial charge in [0, 0.05) is 29.4 Å². The van der Waals surface area contributed by atoms with Gasteiger partial charge in [-0.2, -0.15) is 11.8 Å². The molecule has 4 atom stereocenters. The van der Waals surface area contributed by atoms with Crippen LogP contribution in [-0.4, -0.2) is 47.1 Å². The molecule has 116 valence electrons. The molecule has 1 N–H and O–H groups in total. The Labute approximate surface area is 129 Å². The third-order valence-corrected chi connectivity index (χ3v) is 6.92. The highest BCUT2D eigenvalue weighted by molar-refractivity contribution is 7.99. The maximum absolute atomic E-state index is 3.80. The van der Waals surface area contributed by atoms with Crippen molar-refractivity contribution in [2.24, 2.45) is 0 Å². The maximum atomic E-state index is 3.80. The van der Waals surface area contributed by atoms with Gasteiger partial charge in [-0.25, -0.2) is 0 Å². The van der Waals surface area contributed by atoms with Crippen LogP contribution in [0.2, 0.25) is 0 Å². The van der Waals surface area contributed by atoms with E-state index in [1.807, 2.05) is 0 Å². The van der Waals surface area contributed by atoms with E-state index in [4.69, 9.17) is 0 Å². The molecule has 1 aliphatic carbocycles. The molecule has 3 aliphatic rings. The summed E-state index contributed by atoms with van der Waals surface area (Å²) < 4.78 is 0. The minimum absolute atomic E-state index is 0.805. The molecule has 0 radical (unpaired) electrons. The molecule has 0 aromatic carbocycles. The van der Waals surface area contributed by atoms with Crippen molar-refractivity contribution < 1.29 is 0 Å². The Morgan fingerprint density at radius 3 is 2.30 bits per heavy atom. The molecule has 20 heavy (non-hydrogen) atoms. The summed E-state index contributed by atoms with van der Waals surface area (Å²) in [5, 5.41) is 4.74. The van der Waals surface area contributed by atoms with E-state index in [0.29, 0.717) is 0 Å². The van der Waals surface area contributed by atoms with Crippen LogP contribution in [0.5, 0.6) is 0 Å². The molecule has 0 spiro atoms. The minimum Gasteiger partial charge on any atom is -0.314 e. The number of hydrogen-bond acceptors (Lipinski definition) is 3. The predicted octanol–water partition coefficient (Wildman–Crippen LogP) is 3.66. The molecule has 2 nitrogen and oxygen atoms in total. The van der Waals surface area contributed by atoms with Crippen molar-refractivity contribution >= 4 is 11.8 Å². The Balaban J connectivity index is 1.61. The van der Waals surface area contributed by atoms with Crippen LogP contribution in [0.3, 0.4) is 0 Å². The Bertz CT molecular complexity index is 295. The average molecular weight is 297 g/mol. The number of thioether (sulfide) groups is 1. The van der Waals surface area contributed by atoms with Crippen LogP contribution in [0.1, 0.15) is 64.7 Å². The highest BCUT2D eigenvalue weighted by Crippen LogP contribution is 2.41. The molecule has 2 aliphatic heterocycles. The first-order chi connectivity index (χ1) is 9.81. The van der Waals surface area contributed by atoms with Gasteiger partial charge in [-0.05, 0) is 64.2 Å². The molecule has 3 heteroatoms. The maximum Gasteiger partial charge on any atom is 0.0116 e. The van der Waals surface area contributed by atoms with Gasteiger partial charge in [0.25, 0.3) is 0 Å². The summed E-state index contributed by atoms with van der Waals surface area (Å²) in [5.74, 6) is 0. The summed E-state index contributed by atoms with van der Waals surface area (Å²) in [4.78, 5) is 2.99. The first-order valence-electron chi connectivity index (χ1n) is 8.85. The number of piperidine rings is 2. The Kier molecular flexibility index (Phi) is 5.33. The summed E-state index contributed by atoms with van der Waals surface area (Å²) in [7, 11) is 0. The fourth-order valence-corrected chi connectivity index (χ4v) is 5.72. The largest absolute Gasteiger partial charge is 0.314 e. The monoisotopic (exact) mass is 296 g/mol. The molecular weight excluding hydrogens is 264 g/mol. The molecule has 2 heterocycles. The van der Waals surface area contributed by atoms with E-state index in [1.54, 1.807) is 0 Å². The normalized spacial score (nSPS) is 42.0. The SMILES string of the molecule is CCCNC1CC2CCCC(C1)N2C1CCC(SC)C1. The fourth-order valence-electron chi connectivity index (χ4n) is 4.93. The Hall–Kier alpha value is 0.270. The van der Waals surface area contributed by atoms with Crippen LogP contribution < -0.4 is 5.32 Å². The van der Waals surface area contributed by atoms with Crippen molar-refractivity contribution in [1.82, 2.24) is 10.2 Å². The van der Waals surface area contributed by atoms with E-state index in [0.717, 1.165) is 29.4 Å². The van der Waals surface area contributed by atoms with Crippen molar-refractivity contribution in [3.8, 4) is 0 Å². The zero-order valence-electron chi connectivity index (χ0n) is 13.3. The van der Waals surface area contributed by atoms with E-state index in [9.17, 15) is 0 Å². The Morgan fingerprint density at radius 2 is 1.70 bits per heavy atom. The lowest BCUT2D eigenvalue weighted by Gasteiger charge is -2.52. The van der Waals surface area contributed by atoms with Gasteiger partial charge in [0.1, 0.15) is 0 Å². The van der Waals surface area contributed by atoms with Crippen LogP contribution in [0, 0.1) is 0 Å². The number of fused-ring (bicyclic) bond motifs is 2. The van der Waals surface area contributed by atoms with Gasteiger partial charge >= 0.3 is 0 Å². The molecular formula is C17H32N2S. The highest BCUT2D eigenvalue weighted by Gasteiger charge is 2.43. The number of nitrogens with zero attached hydrogens (tertiary/aromatic N) is 1. The molecule has 0 aromatic rings. The van der Waals surface area contributed by atoms with Crippen molar-refractivity contribution in [2.45, 2.75) is 94.1 Å². The molecule has 0 aromatic heterocycles. The lowest BCUT2D eigenvalue weighted by molar-refractivity contribution is -0.00859. The van der Waals surface area contributed by atoms with E-state index in [-0.39, 0.29) is 0 Å². The van der Waals surface area contributed by atoms with Crippen LogP contribution in [0.4, 0.5) is 0 Å². The standard InChI is InChI=1S/C17H32N2S/c1-3-9-18-13-10-14-5-4-6-15(11-13)19(14)16-7-8-17(12-16)20-2/h13-18H,3-12H2,1-2H3. The van der Waals surface area contributed by atoms with Crippen LogP contribution >= 0.6 is 11.8 Å². The van der Waals surface area contributed by atoms with Crippen LogP contribution in [0.25, 0.3) is 0 Å². The van der Waals surface area contributed by atoms with Gasteiger partial charge < -0.3 is 5.32 Å². The fraction of sp³-hybridized carbons (Fsp3) is 1.00. The summed E-state index contributed by atoms with van der Waals surface area (Å²) in [6, 6.07) is 3.50. The number of rotatable bonds is 5. The first kappa shape index (κ1) is 15.2. The topological polar surface area (TPSA) is 15.3 Å². The second-order valence-corrected chi connectivity index (χ2v) is 8.27. The van der Waals surface area contributed by atoms with E-state index >= 15 is 0 Å². The molecule has 4 unspecified atom stereocenters. The van der Waals surface area contributed by atoms with Gasteiger partial charge in [-0.15, -0.1) is 0 Å². The van der Waals surface area contributed by atoms with Gasteiger partial charge in [-0.3, -0.25) is 4.90 Å². The highest BCUT2D eigenvalue weighted by atomic mass is 32.2. The average Bonchev–Trinajstić information content (AvgIpc) is 2.92. The molecule has 0 amide bonds. The molecule has 1 saturated carbocycles. The predicted molar refractivity (Wildman–Crippen MR) is 89.5 cm³/mol. The molecule has 2 bridgehead atoms. The summed E-state index contributed by atoms with van der Waals surface area (Å²) in [5.41, 5.74) is 0. The van der Waals surface area contributed by atoms with Gasteiger partial charge in [-0.1, -0.05) is 13.3 Å². The minimum atomic E-state index is 0.805. The second-order valence-electron chi connectivity index (χ2n) is 7.13. The van der Waals surface area contributed by atoms with Gasteiger partial charge in [0.15, 0.2) is 0 Å². The quantitative estimate of drug-likeness (QED) is 0.833. The Morgan fingerprint density at radius 1 is 1.00 bits per heavy atom. The number of nitrogens with one attached hydrogen (secondary N) is 1. The van der Waals surface area contributed by atoms with E-state index in [2.05, 4.69) is 35.2 Å². The summed E-state index contributed by atoms with van der Waals surface area (Å²) in [6.07, 6.45) is 15.2. The summed E-state index contributed by atoms with van der Waals surface area (Å²) >= 11 is 2.10. The van der Waals surface area contributed by atoms with Crippen molar-refractivity contribution in [1.29, 1.82) is 0 Å². The zero-order valence-corrected chi connectivity index (χ0v) is 14.1. The molecule has 2 saturated heterocycles. The zero-order chi connectivity index (χ0) is 13.9.